The van der Waals surface area contributed by atoms with Gasteiger partial charge in [-0.3, -0.25) is 0 Å². The number of benzene rings is 11. The van der Waals surface area contributed by atoms with Crippen molar-refractivity contribution in [2.24, 2.45) is 0 Å². The van der Waals surface area contributed by atoms with Crippen molar-refractivity contribution in [1.29, 1.82) is 0 Å². The van der Waals surface area contributed by atoms with Crippen LogP contribution in [0.4, 0.5) is 0 Å². The third kappa shape index (κ3) is 5.14. The van der Waals surface area contributed by atoms with Gasteiger partial charge in [-0.1, -0.05) is 170 Å². The highest BCUT2D eigenvalue weighted by molar-refractivity contribution is 6.20. The standard InChI is InChI=1S/C62H38N2/c1-2-12-39(13-3-1)42-17-8-20-48(34-42)64-60-33-29-46(38-57(60)54-31-26-40-14-4-5-21-49(40)62(54)64)45-28-32-59-56(37-45)51-22-6-7-25-58(51)63(59)47-19-9-18-43(35-47)44-27-30-50-52-23-10-15-41-16-11-24-53(61(41)52)55(50)36-44/h1-38H. The molecule has 64 heavy (non-hydrogen) atoms. The van der Waals surface area contributed by atoms with Crippen LogP contribution >= 0.6 is 0 Å². The monoisotopic (exact) mass is 810 g/mol. The maximum atomic E-state index is 2.47. The molecule has 11 aromatic carbocycles. The average molecular weight is 811 g/mol. The van der Waals surface area contributed by atoms with Crippen molar-refractivity contribution in [3.8, 4) is 67.0 Å². The summed E-state index contributed by atoms with van der Waals surface area (Å²) < 4.78 is 4.91. The molecule has 0 radical (unpaired) electrons. The molecular formula is C62H38N2. The first-order chi connectivity index (χ1) is 31.7. The van der Waals surface area contributed by atoms with Gasteiger partial charge in [0.05, 0.1) is 22.1 Å². The van der Waals surface area contributed by atoms with E-state index in [2.05, 4.69) is 240 Å². The van der Waals surface area contributed by atoms with Gasteiger partial charge in [0.15, 0.2) is 0 Å². The zero-order valence-electron chi connectivity index (χ0n) is 34.8. The fraction of sp³-hybridized carbons (Fsp3) is 0. The molecule has 0 N–H and O–H groups in total. The second-order valence-electron chi connectivity index (χ2n) is 17.3. The maximum Gasteiger partial charge on any atom is 0.0619 e. The van der Waals surface area contributed by atoms with E-state index in [1.54, 1.807) is 0 Å². The molecule has 0 aliphatic heterocycles. The van der Waals surface area contributed by atoms with E-state index in [1.807, 2.05) is 0 Å². The van der Waals surface area contributed by atoms with Crippen LogP contribution in [0.1, 0.15) is 0 Å². The van der Waals surface area contributed by atoms with Gasteiger partial charge < -0.3 is 9.13 Å². The number of rotatable bonds is 5. The van der Waals surface area contributed by atoms with Crippen LogP contribution in [0.5, 0.6) is 0 Å². The zero-order valence-corrected chi connectivity index (χ0v) is 34.8. The van der Waals surface area contributed by atoms with Gasteiger partial charge in [0, 0.05) is 38.3 Å². The molecule has 0 spiro atoms. The van der Waals surface area contributed by atoms with Gasteiger partial charge in [-0.05, 0) is 132 Å². The Balaban J connectivity index is 0.902. The summed E-state index contributed by atoms with van der Waals surface area (Å²) in [6.07, 6.45) is 0. The van der Waals surface area contributed by atoms with Crippen molar-refractivity contribution in [2.75, 3.05) is 0 Å². The number of aromatic nitrogens is 2. The molecular weight excluding hydrogens is 773 g/mol. The van der Waals surface area contributed by atoms with E-state index >= 15 is 0 Å². The number of para-hydroxylation sites is 1. The van der Waals surface area contributed by atoms with E-state index in [1.165, 1.54) is 121 Å². The fourth-order valence-corrected chi connectivity index (χ4v) is 10.9. The minimum Gasteiger partial charge on any atom is -0.309 e. The van der Waals surface area contributed by atoms with E-state index in [-0.39, 0.29) is 0 Å². The lowest BCUT2D eigenvalue weighted by Gasteiger charge is -2.12. The van der Waals surface area contributed by atoms with Crippen molar-refractivity contribution in [3.63, 3.8) is 0 Å². The van der Waals surface area contributed by atoms with Crippen LogP contribution in [-0.2, 0) is 0 Å². The highest BCUT2D eigenvalue weighted by Gasteiger charge is 2.22. The van der Waals surface area contributed by atoms with Crippen molar-refractivity contribution in [2.45, 2.75) is 0 Å². The normalized spacial score (nSPS) is 12.1. The summed E-state index contributed by atoms with van der Waals surface area (Å²) in [7, 11) is 0. The van der Waals surface area contributed by atoms with Crippen LogP contribution in [0.2, 0.25) is 0 Å². The van der Waals surface area contributed by atoms with Crippen molar-refractivity contribution in [3.05, 3.63) is 231 Å². The SMILES string of the molecule is c1ccc(-c2cccc(-n3c4ccc(-c5ccc6c(c5)c5ccccc5n6-c5cccc(-c6ccc7c(c6)-c6cccc8cccc-7c68)c5)cc4c4ccc5ccccc5c43)c2)cc1. The van der Waals surface area contributed by atoms with E-state index in [0.29, 0.717) is 0 Å². The predicted octanol–water partition coefficient (Wildman–Crippen LogP) is 16.8. The van der Waals surface area contributed by atoms with Gasteiger partial charge in [0.2, 0.25) is 0 Å². The molecule has 0 saturated heterocycles. The number of hydrogen-bond donors (Lipinski definition) is 0. The van der Waals surface area contributed by atoms with E-state index in [4.69, 9.17) is 0 Å². The van der Waals surface area contributed by atoms with Crippen LogP contribution < -0.4 is 0 Å². The Kier molecular flexibility index (Phi) is 7.43. The molecule has 0 saturated carbocycles. The molecule has 2 aromatic heterocycles. The summed E-state index contributed by atoms with van der Waals surface area (Å²) in [6.45, 7) is 0. The summed E-state index contributed by atoms with van der Waals surface area (Å²) in [5.74, 6) is 0. The minimum atomic E-state index is 1.15. The van der Waals surface area contributed by atoms with Gasteiger partial charge in [-0.2, -0.15) is 0 Å². The third-order valence-electron chi connectivity index (χ3n) is 13.8. The molecule has 0 bridgehead atoms. The van der Waals surface area contributed by atoms with Crippen molar-refractivity contribution >= 4 is 65.2 Å². The second kappa shape index (κ2) is 13.5. The van der Waals surface area contributed by atoms with Gasteiger partial charge in [0.25, 0.3) is 0 Å². The Hall–Kier alpha value is -8.46. The lowest BCUT2D eigenvalue weighted by Crippen LogP contribution is -1.95. The van der Waals surface area contributed by atoms with Crippen molar-refractivity contribution < 1.29 is 0 Å². The minimum absolute atomic E-state index is 1.15. The van der Waals surface area contributed by atoms with Gasteiger partial charge >= 0.3 is 0 Å². The highest BCUT2D eigenvalue weighted by atomic mass is 15.0. The first kappa shape index (κ1) is 35.2. The molecule has 2 nitrogen and oxygen atoms in total. The molecule has 0 amide bonds. The Labute approximate surface area is 370 Å². The quantitative estimate of drug-likeness (QED) is 0.164. The lowest BCUT2D eigenvalue weighted by molar-refractivity contribution is 1.18. The Morgan fingerprint density at radius 2 is 0.766 bits per heavy atom. The Morgan fingerprint density at radius 1 is 0.234 bits per heavy atom. The molecule has 13 aromatic rings. The summed E-state index contributed by atoms with van der Waals surface area (Å²) in [5.41, 5.74) is 19.7. The molecule has 2 heteroatoms. The fourth-order valence-electron chi connectivity index (χ4n) is 10.9. The van der Waals surface area contributed by atoms with E-state index in [9.17, 15) is 0 Å². The van der Waals surface area contributed by atoms with Gasteiger partial charge in [-0.25, -0.2) is 0 Å². The number of nitrogens with zero attached hydrogens (tertiary/aromatic N) is 2. The van der Waals surface area contributed by atoms with E-state index in [0.717, 1.165) is 11.4 Å². The summed E-state index contributed by atoms with van der Waals surface area (Å²) >= 11 is 0. The third-order valence-corrected chi connectivity index (χ3v) is 13.8. The Morgan fingerprint density at radius 3 is 1.55 bits per heavy atom. The largest absolute Gasteiger partial charge is 0.309 e. The van der Waals surface area contributed by atoms with Crippen LogP contribution in [0.15, 0.2) is 231 Å². The smallest absolute Gasteiger partial charge is 0.0619 e. The molecule has 0 unspecified atom stereocenters. The molecule has 14 rings (SSSR count). The van der Waals surface area contributed by atoms with E-state index < -0.39 is 0 Å². The van der Waals surface area contributed by atoms with Crippen LogP contribution in [0.25, 0.3) is 132 Å². The predicted molar refractivity (Wildman–Crippen MR) is 271 cm³/mol. The topological polar surface area (TPSA) is 9.86 Å². The van der Waals surface area contributed by atoms with Crippen LogP contribution in [-0.4, -0.2) is 9.13 Å². The molecule has 1 aliphatic rings. The lowest BCUT2D eigenvalue weighted by atomic mass is 9.97. The summed E-state index contributed by atoms with van der Waals surface area (Å²) in [6, 6.07) is 85.3. The molecule has 0 fully saturated rings. The molecule has 1 aliphatic carbocycles. The number of fused-ring (bicyclic) bond motifs is 11. The van der Waals surface area contributed by atoms with Gasteiger partial charge in [-0.15, -0.1) is 0 Å². The first-order valence-electron chi connectivity index (χ1n) is 22.2. The Bertz CT molecular complexity index is 4060. The van der Waals surface area contributed by atoms with Crippen LogP contribution in [0, 0.1) is 0 Å². The first-order valence-corrected chi connectivity index (χ1v) is 22.2. The van der Waals surface area contributed by atoms with Crippen molar-refractivity contribution in [1.82, 2.24) is 9.13 Å². The molecule has 2 heterocycles. The number of hydrogen-bond acceptors (Lipinski definition) is 0. The second-order valence-corrected chi connectivity index (χ2v) is 17.3. The zero-order chi connectivity index (χ0) is 41.9. The highest BCUT2D eigenvalue weighted by Crippen LogP contribution is 2.48. The summed E-state index contributed by atoms with van der Waals surface area (Å²) in [5, 5.41) is 10.1. The molecule has 296 valence electrons. The average Bonchev–Trinajstić information content (AvgIpc) is 4.00. The van der Waals surface area contributed by atoms with Gasteiger partial charge in [0.1, 0.15) is 0 Å². The maximum absolute atomic E-state index is 2.47. The molecule has 0 atom stereocenters. The summed E-state index contributed by atoms with van der Waals surface area (Å²) in [4.78, 5) is 0. The van der Waals surface area contributed by atoms with Crippen LogP contribution in [0.3, 0.4) is 0 Å².